The number of benzene rings is 1. The van der Waals surface area contributed by atoms with Crippen LogP contribution < -0.4 is 0 Å². The Morgan fingerprint density at radius 2 is 0.816 bits per heavy atom. The van der Waals surface area contributed by atoms with E-state index in [0.717, 1.165) is 22.6 Å². The van der Waals surface area contributed by atoms with Crippen LogP contribution in [-0.2, 0) is 32.7 Å². The van der Waals surface area contributed by atoms with Crippen molar-refractivity contribution in [1.82, 2.24) is 0 Å². The standard InChI is InChI=1S/C32H51P2.N3.Pd/c1-5-16-29(17-6-1)33(30-18-7-2-8-19-30)25-27-14-13-15-28(24-27)26-34(31-20-9-3-10-21-31)32-22-11-4-12-23-32;1-3-2;/h13-15,29-32H,1-12,16-23,25-26H2;;/q2*-1;+2. The van der Waals surface area contributed by atoms with Crippen molar-refractivity contribution in [2.24, 2.45) is 0 Å². The van der Waals surface area contributed by atoms with Gasteiger partial charge < -0.3 is 11.1 Å². The fourth-order valence-corrected chi connectivity index (χ4v) is 15.4. The largest absolute Gasteiger partial charge is 2.00 e. The second-order valence-electron chi connectivity index (χ2n) is 12.3. The van der Waals surface area contributed by atoms with E-state index < -0.39 is 0 Å². The number of hydrogen-bond donors (Lipinski definition) is 0. The van der Waals surface area contributed by atoms with Crippen LogP contribution in [0.5, 0.6) is 0 Å². The van der Waals surface area contributed by atoms with Crippen LogP contribution in [0.2, 0.25) is 0 Å². The molecule has 4 saturated carbocycles. The predicted octanol–water partition coefficient (Wildman–Crippen LogP) is 11.6. The molecule has 0 unspecified atom stereocenters. The average Bonchev–Trinajstić information content (AvgIpc) is 2.97. The molecule has 0 bridgehead atoms. The van der Waals surface area contributed by atoms with Crippen molar-refractivity contribution in [1.29, 1.82) is 0 Å². The molecule has 5 rings (SSSR count). The molecule has 38 heavy (non-hydrogen) atoms. The maximum Gasteiger partial charge on any atom is 2.00 e. The Morgan fingerprint density at radius 3 is 1.08 bits per heavy atom. The Labute approximate surface area is 250 Å². The quantitative estimate of drug-likeness (QED) is 0.0674. The molecule has 0 spiro atoms. The first-order valence-corrected chi connectivity index (χ1v) is 19.1. The zero-order valence-electron chi connectivity index (χ0n) is 23.7. The molecular formula is C32H51N3P2Pd. The van der Waals surface area contributed by atoms with Gasteiger partial charge in [0.15, 0.2) is 0 Å². The third-order valence-electron chi connectivity index (χ3n) is 9.80. The predicted molar refractivity (Wildman–Crippen MR) is 164 cm³/mol. The normalized spacial score (nSPS) is 22.4. The van der Waals surface area contributed by atoms with E-state index in [2.05, 4.69) is 24.3 Å². The maximum atomic E-state index is 6.75. The molecule has 0 heterocycles. The van der Waals surface area contributed by atoms with E-state index in [1.54, 1.807) is 11.1 Å². The molecule has 0 aromatic heterocycles. The third kappa shape index (κ3) is 10.2. The molecule has 1 aromatic carbocycles. The van der Waals surface area contributed by atoms with Crippen LogP contribution in [-0.4, -0.2) is 22.6 Å². The SMILES string of the molecule is [N-]=[N+]=[N-].[Pd+2].[c-]1c(CP(C2CCCCC2)C2CCCCC2)cccc1CP(C1CCCCC1)C1CCCCC1. The summed E-state index contributed by atoms with van der Waals surface area (Å²) in [5, 5.41) is 0. The van der Waals surface area contributed by atoms with Gasteiger partial charge in [-0.05, 0) is 86.3 Å². The van der Waals surface area contributed by atoms with Crippen molar-refractivity contribution >= 4 is 15.8 Å². The first kappa shape index (κ1) is 32.6. The third-order valence-corrected chi connectivity index (χ3v) is 17.0. The Bertz CT molecular complexity index is 713. The van der Waals surface area contributed by atoms with Crippen molar-refractivity contribution in [2.75, 3.05) is 0 Å². The van der Waals surface area contributed by atoms with E-state index in [0.29, 0.717) is 0 Å². The minimum absolute atomic E-state index is 0. The summed E-state index contributed by atoms with van der Waals surface area (Å²) < 4.78 is 0. The summed E-state index contributed by atoms with van der Waals surface area (Å²) in [6.45, 7) is 0. The van der Waals surface area contributed by atoms with E-state index in [1.807, 2.05) is 0 Å². The van der Waals surface area contributed by atoms with Gasteiger partial charge in [0.1, 0.15) is 0 Å². The summed E-state index contributed by atoms with van der Waals surface area (Å²) in [4.78, 5) is 1.50. The average molecular weight is 646 g/mol. The van der Waals surface area contributed by atoms with Crippen molar-refractivity contribution in [3.8, 4) is 0 Å². The molecule has 0 aliphatic heterocycles. The van der Waals surface area contributed by atoms with Gasteiger partial charge in [-0.2, -0.15) is 35.4 Å². The molecule has 214 valence electrons. The van der Waals surface area contributed by atoms with E-state index in [1.165, 1.54) is 146 Å². The molecule has 4 aliphatic rings. The Morgan fingerprint density at radius 1 is 0.553 bits per heavy atom. The molecule has 0 amide bonds. The van der Waals surface area contributed by atoms with Crippen LogP contribution in [0.1, 0.15) is 140 Å². The fourth-order valence-electron chi connectivity index (χ4n) is 7.91. The Kier molecular flexibility index (Phi) is 15.8. The first-order chi connectivity index (χ1) is 18.3. The number of hydrogen-bond acceptors (Lipinski definition) is 0. The van der Waals surface area contributed by atoms with E-state index in [9.17, 15) is 0 Å². The monoisotopic (exact) mass is 645 g/mol. The number of nitrogens with zero attached hydrogens (tertiary/aromatic N) is 3. The molecule has 0 atom stereocenters. The van der Waals surface area contributed by atoms with Gasteiger partial charge in [-0.1, -0.05) is 92.9 Å². The van der Waals surface area contributed by atoms with Crippen LogP contribution in [0.3, 0.4) is 0 Å². The topological polar surface area (TPSA) is 58.7 Å². The molecule has 4 aliphatic carbocycles. The molecule has 0 N–H and O–H groups in total. The van der Waals surface area contributed by atoms with Crippen LogP contribution in [0.4, 0.5) is 0 Å². The van der Waals surface area contributed by atoms with Gasteiger partial charge in [0, 0.05) is 0 Å². The van der Waals surface area contributed by atoms with Gasteiger partial charge in [0.05, 0.1) is 0 Å². The van der Waals surface area contributed by atoms with Crippen molar-refractivity contribution in [3.63, 3.8) is 0 Å². The van der Waals surface area contributed by atoms with Gasteiger partial charge in [0.2, 0.25) is 0 Å². The van der Waals surface area contributed by atoms with Crippen molar-refractivity contribution in [3.05, 3.63) is 51.4 Å². The minimum atomic E-state index is 0. The van der Waals surface area contributed by atoms with Crippen LogP contribution >= 0.6 is 15.8 Å². The zero-order valence-corrected chi connectivity index (χ0v) is 27.0. The molecular weight excluding hydrogens is 595 g/mol. The van der Waals surface area contributed by atoms with Gasteiger partial charge in [0.25, 0.3) is 0 Å². The minimum Gasteiger partial charge on any atom is -0.373 e. The molecule has 6 heteroatoms. The van der Waals surface area contributed by atoms with Crippen LogP contribution in [0, 0.1) is 6.07 Å². The summed E-state index contributed by atoms with van der Waals surface area (Å²) in [6, 6.07) is 11.4. The van der Waals surface area contributed by atoms with Gasteiger partial charge in [-0.15, -0.1) is 0 Å². The zero-order chi connectivity index (χ0) is 25.7. The summed E-state index contributed by atoms with van der Waals surface area (Å²) in [5.41, 5.74) is 20.9. The van der Waals surface area contributed by atoms with Crippen molar-refractivity contribution < 1.29 is 20.4 Å². The number of rotatable bonds is 8. The Balaban J connectivity index is 0.000000956. The Hall–Kier alpha value is 0.0523. The second kappa shape index (κ2) is 18.5. The van der Waals surface area contributed by atoms with E-state index in [4.69, 9.17) is 11.1 Å². The molecule has 4 fully saturated rings. The van der Waals surface area contributed by atoms with Gasteiger partial charge >= 0.3 is 20.4 Å². The summed E-state index contributed by atoms with van der Waals surface area (Å²) in [5.74, 6) is 0. The van der Waals surface area contributed by atoms with E-state index >= 15 is 0 Å². The summed E-state index contributed by atoms with van der Waals surface area (Å²) in [7, 11) is 0.288. The van der Waals surface area contributed by atoms with Crippen LogP contribution in [0.15, 0.2) is 18.2 Å². The van der Waals surface area contributed by atoms with Gasteiger partial charge in [-0.25, -0.2) is 0 Å². The first-order valence-electron chi connectivity index (χ1n) is 15.8. The van der Waals surface area contributed by atoms with E-state index in [-0.39, 0.29) is 36.3 Å². The van der Waals surface area contributed by atoms with Crippen LogP contribution in [0.25, 0.3) is 16.0 Å². The molecule has 3 nitrogen and oxygen atoms in total. The smallest absolute Gasteiger partial charge is 0.373 e. The van der Waals surface area contributed by atoms with Gasteiger partial charge in [-0.3, -0.25) is 4.91 Å². The fraction of sp³-hybridized carbons (Fsp3) is 0.812. The maximum absolute atomic E-state index is 6.75. The molecule has 1 aromatic rings. The molecule has 0 radical (unpaired) electrons. The van der Waals surface area contributed by atoms with Crippen molar-refractivity contribution in [2.45, 2.75) is 163 Å². The summed E-state index contributed by atoms with van der Waals surface area (Å²) in [6.07, 6.45) is 33.1. The summed E-state index contributed by atoms with van der Waals surface area (Å²) >= 11 is 0. The molecule has 0 saturated heterocycles. The second-order valence-corrected chi connectivity index (χ2v) is 17.9.